The number of hydrogen-bond donors (Lipinski definition) is 1. The molecular weight excluding hydrogens is 336 g/mol. The number of carbonyl (C=O) groups is 1. The number of nitrogens with zero attached hydrogens (tertiary/aromatic N) is 1. The molecule has 0 fully saturated rings. The number of sulfonamides is 1. The lowest BCUT2D eigenvalue weighted by Crippen LogP contribution is -2.38. The molecule has 134 valence electrons. The van der Waals surface area contributed by atoms with Gasteiger partial charge < -0.3 is 5.32 Å². The van der Waals surface area contributed by atoms with Crippen molar-refractivity contribution >= 4 is 21.6 Å². The van der Waals surface area contributed by atoms with Gasteiger partial charge in [-0.3, -0.25) is 4.79 Å². The molecule has 0 aromatic heterocycles. The molecule has 1 atom stereocenters. The van der Waals surface area contributed by atoms with Crippen molar-refractivity contribution in [3.63, 3.8) is 0 Å². The minimum atomic E-state index is -3.53. The Morgan fingerprint density at radius 2 is 1.52 bits per heavy atom. The van der Waals surface area contributed by atoms with Crippen LogP contribution in [-0.2, 0) is 14.8 Å². The lowest BCUT2D eigenvalue weighted by Gasteiger charge is -2.25. The van der Waals surface area contributed by atoms with Gasteiger partial charge in [-0.2, -0.15) is 4.31 Å². The molecule has 6 heteroatoms. The molecule has 0 aliphatic heterocycles. The summed E-state index contributed by atoms with van der Waals surface area (Å²) in [7, 11) is -2.12. The monoisotopic (exact) mass is 360 g/mol. The first-order valence-corrected chi connectivity index (χ1v) is 9.93. The van der Waals surface area contributed by atoms with Gasteiger partial charge in [-0.1, -0.05) is 56.3 Å². The summed E-state index contributed by atoms with van der Waals surface area (Å²) in [5.74, 6) is 0.00890. The van der Waals surface area contributed by atoms with Gasteiger partial charge in [0.25, 0.3) is 0 Å². The van der Waals surface area contributed by atoms with E-state index in [2.05, 4.69) is 19.2 Å². The van der Waals surface area contributed by atoms with E-state index in [-0.39, 0.29) is 0 Å². The van der Waals surface area contributed by atoms with Crippen molar-refractivity contribution in [3.05, 3.63) is 65.7 Å². The number of anilines is 1. The van der Waals surface area contributed by atoms with E-state index < -0.39 is 22.0 Å². The lowest BCUT2D eigenvalue weighted by molar-refractivity contribution is -0.119. The maximum atomic E-state index is 12.8. The van der Waals surface area contributed by atoms with Gasteiger partial charge in [0.1, 0.15) is 6.04 Å². The Bertz CT molecular complexity index is 816. The van der Waals surface area contributed by atoms with E-state index in [1.54, 1.807) is 24.3 Å². The number of hydrogen-bond acceptors (Lipinski definition) is 3. The Balaban J connectivity index is 2.29. The third kappa shape index (κ3) is 4.90. The van der Waals surface area contributed by atoms with Crippen molar-refractivity contribution in [1.29, 1.82) is 0 Å². The van der Waals surface area contributed by atoms with Crippen LogP contribution in [-0.4, -0.2) is 31.9 Å². The molecule has 1 N–H and O–H groups in total. The topological polar surface area (TPSA) is 66.5 Å². The quantitative estimate of drug-likeness (QED) is 0.859. The Hall–Kier alpha value is -2.18. The number of benzene rings is 2. The second kappa shape index (κ2) is 7.80. The van der Waals surface area contributed by atoms with E-state index in [1.165, 1.54) is 12.6 Å². The van der Waals surface area contributed by atoms with E-state index in [1.807, 2.05) is 30.3 Å². The molecule has 0 saturated heterocycles. The minimum Gasteiger partial charge on any atom is -0.324 e. The highest BCUT2D eigenvalue weighted by Gasteiger charge is 2.30. The summed E-state index contributed by atoms with van der Waals surface area (Å²) < 4.78 is 25.0. The molecule has 0 radical (unpaired) electrons. The van der Waals surface area contributed by atoms with Crippen LogP contribution in [0.5, 0.6) is 0 Å². The molecule has 1 amide bonds. The number of rotatable bonds is 6. The average molecular weight is 360 g/mol. The fraction of sp³-hybridized carbons (Fsp3) is 0.316. The van der Waals surface area contributed by atoms with Gasteiger partial charge in [0, 0.05) is 12.7 Å². The van der Waals surface area contributed by atoms with E-state index in [0.29, 0.717) is 17.2 Å². The summed E-state index contributed by atoms with van der Waals surface area (Å²) in [5, 5.41) is 2.81. The SMILES string of the molecule is CC(C)c1ccc(NC(=O)[C@@H](c2ccccc2)N(C)S(C)(=O)=O)cc1. The van der Waals surface area contributed by atoms with Gasteiger partial charge in [-0.25, -0.2) is 8.42 Å². The van der Waals surface area contributed by atoms with Gasteiger partial charge in [-0.15, -0.1) is 0 Å². The molecule has 25 heavy (non-hydrogen) atoms. The first kappa shape index (κ1) is 19.1. The highest BCUT2D eigenvalue weighted by Crippen LogP contribution is 2.24. The third-order valence-corrected chi connectivity index (χ3v) is 5.35. The van der Waals surface area contributed by atoms with E-state index >= 15 is 0 Å². The molecule has 0 aliphatic carbocycles. The van der Waals surface area contributed by atoms with Crippen molar-refractivity contribution in [1.82, 2.24) is 4.31 Å². The van der Waals surface area contributed by atoms with Crippen LogP contribution in [0.1, 0.15) is 36.9 Å². The van der Waals surface area contributed by atoms with Crippen molar-refractivity contribution < 1.29 is 13.2 Å². The second-order valence-electron chi connectivity index (χ2n) is 6.36. The van der Waals surface area contributed by atoms with Gasteiger partial charge in [0.05, 0.1) is 6.26 Å². The molecule has 2 aromatic rings. The van der Waals surface area contributed by atoms with Gasteiger partial charge in [-0.05, 0) is 29.2 Å². The maximum absolute atomic E-state index is 12.8. The Morgan fingerprint density at radius 1 is 0.960 bits per heavy atom. The Labute approximate surface area is 149 Å². The van der Waals surface area contributed by atoms with Gasteiger partial charge >= 0.3 is 0 Å². The highest BCUT2D eigenvalue weighted by molar-refractivity contribution is 7.88. The molecule has 2 rings (SSSR count). The van der Waals surface area contributed by atoms with Crippen LogP contribution in [0.3, 0.4) is 0 Å². The van der Waals surface area contributed by atoms with Crippen LogP contribution in [0.25, 0.3) is 0 Å². The lowest BCUT2D eigenvalue weighted by atomic mass is 10.0. The van der Waals surface area contributed by atoms with Crippen molar-refractivity contribution in [2.24, 2.45) is 0 Å². The normalized spacial score (nSPS) is 13.0. The zero-order chi connectivity index (χ0) is 18.6. The van der Waals surface area contributed by atoms with Crippen LogP contribution in [0.4, 0.5) is 5.69 Å². The first-order valence-electron chi connectivity index (χ1n) is 8.09. The summed E-state index contributed by atoms with van der Waals surface area (Å²) in [6.07, 6.45) is 1.09. The van der Waals surface area contributed by atoms with Crippen molar-refractivity contribution in [3.8, 4) is 0 Å². The molecule has 0 saturated carbocycles. The molecule has 0 spiro atoms. The predicted molar refractivity (Wildman–Crippen MR) is 101 cm³/mol. The summed E-state index contributed by atoms with van der Waals surface area (Å²) in [6, 6.07) is 15.5. The standard InChI is InChI=1S/C19H24N2O3S/c1-14(2)15-10-12-17(13-11-15)20-19(22)18(21(3)25(4,23)24)16-8-6-5-7-9-16/h5-14,18H,1-4H3,(H,20,22)/t18-/m1/s1. The van der Waals surface area contributed by atoms with Crippen LogP contribution in [0.2, 0.25) is 0 Å². The molecule has 0 heterocycles. The largest absolute Gasteiger partial charge is 0.324 e. The summed E-state index contributed by atoms with van der Waals surface area (Å²) >= 11 is 0. The zero-order valence-electron chi connectivity index (χ0n) is 14.9. The molecular formula is C19H24N2O3S. The van der Waals surface area contributed by atoms with Crippen LogP contribution >= 0.6 is 0 Å². The van der Waals surface area contributed by atoms with Crippen molar-refractivity contribution in [2.75, 3.05) is 18.6 Å². The average Bonchev–Trinajstić information content (AvgIpc) is 2.55. The number of likely N-dealkylation sites (N-methyl/N-ethyl adjacent to an activating group) is 1. The number of carbonyl (C=O) groups excluding carboxylic acids is 1. The van der Waals surface area contributed by atoms with Crippen LogP contribution in [0.15, 0.2) is 54.6 Å². The molecule has 0 bridgehead atoms. The molecule has 0 aliphatic rings. The van der Waals surface area contributed by atoms with Crippen molar-refractivity contribution in [2.45, 2.75) is 25.8 Å². The molecule has 5 nitrogen and oxygen atoms in total. The summed E-state index contributed by atoms with van der Waals surface area (Å²) in [5.41, 5.74) is 2.43. The van der Waals surface area contributed by atoms with Crippen LogP contribution < -0.4 is 5.32 Å². The smallest absolute Gasteiger partial charge is 0.247 e. The second-order valence-corrected chi connectivity index (χ2v) is 8.40. The van der Waals surface area contributed by atoms with Gasteiger partial charge in [0.15, 0.2) is 0 Å². The third-order valence-electron chi connectivity index (χ3n) is 4.10. The summed E-state index contributed by atoms with van der Waals surface area (Å²) in [4.78, 5) is 12.8. The molecule has 0 unspecified atom stereocenters. The predicted octanol–water partition coefficient (Wildman–Crippen LogP) is 3.38. The fourth-order valence-corrected chi connectivity index (χ4v) is 3.12. The first-order chi connectivity index (χ1) is 11.7. The Kier molecular flexibility index (Phi) is 5.98. The van der Waals surface area contributed by atoms with E-state index in [4.69, 9.17) is 0 Å². The van der Waals surface area contributed by atoms with E-state index in [9.17, 15) is 13.2 Å². The highest BCUT2D eigenvalue weighted by atomic mass is 32.2. The zero-order valence-corrected chi connectivity index (χ0v) is 15.7. The number of nitrogens with one attached hydrogen (secondary N) is 1. The fourth-order valence-electron chi connectivity index (χ4n) is 2.52. The minimum absolute atomic E-state index is 0.392. The van der Waals surface area contributed by atoms with Gasteiger partial charge in [0.2, 0.25) is 15.9 Å². The van der Waals surface area contributed by atoms with Crippen LogP contribution in [0, 0.1) is 0 Å². The number of amides is 1. The summed E-state index contributed by atoms with van der Waals surface area (Å²) in [6.45, 7) is 4.19. The maximum Gasteiger partial charge on any atom is 0.247 e. The molecule has 2 aromatic carbocycles. The van der Waals surface area contributed by atoms with E-state index in [0.717, 1.165) is 10.6 Å². The Morgan fingerprint density at radius 3 is 2.00 bits per heavy atom.